The summed E-state index contributed by atoms with van der Waals surface area (Å²) < 4.78 is 5.57. The topological polar surface area (TPSA) is 21.3 Å². The largest absolute Gasteiger partial charge is 0.379 e. The highest BCUT2D eigenvalue weighted by molar-refractivity contribution is 5.84. The molecule has 0 atom stereocenters. The number of benzene rings is 2. The zero-order valence-electron chi connectivity index (χ0n) is 12.8. The molecule has 0 bridgehead atoms. The predicted molar refractivity (Wildman–Crippen MR) is 84.3 cm³/mol. The monoisotopic (exact) mass is 269 g/mol. The zero-order valence-corrected chi connectivity index (χ0v) is 12.8. The molecule has 1 saturated heterocycles. The van der Waals surface area contributed by atoms with Crippen LogP contribution in [0.2, 0.25) is 0 Å². The third-order valence-electron chi connectivity index (χ3n) is 5.07. The van der Waals surface area contributed by atoms with E-state index in [4.69, 9.17) is 4.74 Å². The molecule has 0 aliphatic carbocycles. The number of rotatable bonds is 3. The van der Waals surface area contributed by atoms with Crippen LogP contribution in [0.15, 0.2) is 36.4 Å². The normalized spacial score (nSPS) is 18.0. The number of aryl methyl sites for hydroxylation is 1. The molecule has 0 aromatic heterocycles. The molecule has 1 fully saturated rings. The molecule has 3 rings (SSSR count). The first-order chi connectivity index (χ1) is 9.48. The Kier molecular flexibility index (Phi) is 3.11. The van der Waals surface area contributed by atoms with E-state index in [0.29, 0.717) is 0 Å². The van der Waals surface area contributed by atoms with Gasteiger partial charge in [-0.25, -0.2) is 0 Å². The number of ether oxygens (including phenoxy) is 1. The third-order valence-corrected chi connectivity index (χ3v) is 5.07. The van der Waals surface area contributed by atoms with E-state index in [1.54, 1.807) is 0 Å². The van der Waals surface area contributed by atoms with Crippen molar-refractivity contribution in [1.29, 1.82) is 0 Å². The van der Waals surface area contributed by atoms with Crippen molar-refractivity contribution >= 4 is 10.8 Å². The second kappa shape index (κ2) is 4.57. The van der Waals surface area contributed by atoms with Crippen LogP contribution in [-0.2, 0) is 10.2 Å². The molecule has 0 unspecified atom stereocenters. The summed E-state index contributed by atoms with van der Waals surface area (Å²) in [6.45, 7) is 8.23. The van der Waals surface area contributed by atoms with Crippen LogP contribution in [0.5, 0.6) is 0 Å². The summed E-state index contributed by atoms with van der Waals surface area (Å²) in [5.41, 5.74) is 2.77. The van der Waals surface area contributed by atoms with Crippen LogP contribution in [-0.4, -0.2) is 25.8 Å². The average Bonchev–Trinajstić information content (AvgIpc) is 2.37. The Morgan fingerprint density at radius 3 is 2.30 bits per heavy atom. The SMILES string of the molecule is CNC(C)(C)C1(c2ccc3cc(C)ccc3c2)COC1. The van der Waals surface area contributed by atoms with Crippen molar-refractivity contribution in [3.63, 3.8) is 0 Å². The minimum absolute atomic E-state index is 0.0175. The summed E-state index contributed by atoms with van der Waals surface area (Å²) in [5, 5.41) is 6.08. The van der Waals surface area contributed by atoms with E-state index >= 15 is 0 Å². The van der Waals surface area contributed by atoms with Crippen LogP contribution >= 0.6 is 0 Å². The van der Waals surface area contributed by atoms with Crippen LogP contribution in [0.4, 0.5) is 0 Å². The maximum Gasteiger partial charge on any atom is 0.0603 e. The van der Waals surface area contributed by atoms with Crippen LogP contribution < -0.4 is 5.32 Å². The van der Waals surface area contributed by atoms with E-state index in [0.717, 1.165) is 13.2 Å². The number of hydrogen-bond acceptors (Lipinski definition) is 2. The number of likely N-dealkylation sites (N-methyl/N-ethyl adjacent to an activating group) is 1. The second-order valence-corrected chi connectivity index (χ2v) is 6.52. The van der Waals surface area contributed by atoms with Gasteiger partial charge in [-0.2, -0.15) is 0 Å². The smallest absolute Gasteiger partial charge is 0.0603 e. The van der Waals surface area contributed by atoms with Crippen molar-refractivity contribution in [3.8, 4) is 0 Å². The van der Waals surface area contributed by atoms with Gasteiger partial charge in [0.05, 0.1) is 18.6 Å². The first-order valence-corrected chi connectivity index (χ1v) is 7.26. The molecule has 1 heterocycles. The van der Waals surface area contributed by atoms with E-state index in [1.807, 2.05) is 7.05 Å². The fraction of sp³-hybridized carbons (Fsp3) is 0.444. The zero-order chi connectivity index (χ0) is 14.4. The minimum Gasteiger partial charge on any atom is -0.379 e. The molecule has 0 radical (unpaired) electrons. The van der Waals surface area contributed by atoms with E-state index < -0.39 is 0 Å². The quantitative estimate of drug-likeness (QED) is 0.922. The maximum absolute atomic E-state index is 5.57. The summed E-state index contributed by atoms with van der Waals surface area (Å²) in [6.07, 6.45) is 0. The lowest BCUT2D eigenvalue weighted by molar-refractivity contribution is -0.0990. The fourth-order valence-electron chi connectivity index (χ4n) is 3.10. The Balaban J connectivity index is 2.11. The van der Waals surface area contributed by atoms with E-state index in [-0.39, 0.29) is 11.0 Å². The predicted octanol–water partition coefficient (Wildman–Crippen LogP) is 3.41. The van der Waals surface area contributed by atoms with E-state index in [1.165, 1.54) is 21.9 Å². The Hall–Kier alpha value is -1.38. The van der Waals surface area contributed by atoms with Gasteiger partial charge in [0, 0.05) is 5.54 Å². The molecule has 0 spiro atoms. The van der Waals surface area contributed by atoms with Gasteiger partial charge in [-0.3, -0.25) is 0 Å². The fourth-order valence-corrected chi connectivity index (χ4v) is 3.10. The molecule has 1 aliphatic heterocycles. The van der Waals surface area contributed by atoms with Crippen LogP contribution in [0, 0.1) is 6.92 Å². The van der Waals surface area contributed by atoms with E-state index in [9.17, 15) is 0 Å². The van der Waals surface area contributed by atoms with Gasteiger partial charge in [0.15, 0.2) is 0 Å². The second-order valence-electron chi connectivity index (χ2n) is 6.52. The summed E-state index contributed by atoms with van der Waals surface area (Å²) in [6, 6.07) is 13.5. The highest BCUT2D eigenvalue weighted by atomic mass is 16.5. The summed E-state index contributed by atoms with van der Waals surface area (Å²) in [7, 11) is 2.03. The molecule has 106 valence electrons. The van der Waals surface area contributed by atoms with Crippen molar-refractivity contribution < 1.29 is 4.74 Å². The van der Waals surface area contributed by atoms with E-state index in [2.05, 4.69) is 62.5 Å². The van der Waals surface area contributed by atoms with Crippen LogP contribution in [0.1, 0.15) is 25.0 Å². The molecule has 0 saturated carbocycles. The Morgan fingerprint density at radius 1 is 1.05 bits per heavy atom. The van der Waals surface area contributed by atoms with Gasteiger partial charge in [0.1, 0.15) is 0 Å². The van der Waals surface area contributed by atoms with Gasteiger partial charge < -0.3 is 10.1 Å². The lowest BCUT2D eigenvalue weighted by atomic mass is 9.65. The summed E-state index contributed by atoms with van der Waals surface area (Å²) in [4.78, 5) is 0. The molecular formula is C18H23NO. The van der Waals surface area contributed by atoms with Gasteiger partial charge in [-0.1, -0.05) is 42.0 Å². The first-order valence-electron chi connectivity index (χ1n) is 7.26. The molecule has 20 heavy (non-hydrogen) atoms. The lowest BCUT2D eigenvalue weighted by Gasteiger charge is -2.52. The van der Waals surface area contributed by atoms with Crippen molar-refractivity contribution in [2.45, 2.75) is 31.7 Å². The molecule has 2 nitrogen and oxygen atoms in total. The minimum atomic E-state index is 0.0175. The van der Waals surface area contributed by atoms with Gasteiger partial charge in [0.25, 0.3) is 0 Å². The standard InChI is InChI=1S/C18H23NO/c1-13-5-6-15-10-16(8-7-14(15)9-13)18(11-20-12-18)17(2,3)19-4/h5-10,19H,11-12H2,1-4H3. The van der Waals surface area contributed by atoms with Crippen LogP contribution in [0.25, 0.3) is 10.8 Å². The van der Waals surface area contributed by atoms with Gasteiger partial charge in [0.2, 0.25) is 0 Å². The molecular weight excluding hydrogens is 246 g/mol. The number of nitrogens with one attached hydrogen (secondary N) is 1. The highest BCUT2D eigenvalue weighted by Crippen LogP contribution is 2.42. The molecule has 2 heteroatoms. The number of hydrogen-bond donors (Lipinski definition) is 1. The Bertz CT molecular complexity index is 641. The highest BCUT2D eigenvalue weighted by Gasteiger charge is 2.51. The Labute approximate surface area is 121 Å². The van der Waals surface area contributed by atoms with Crippen molar-refractivity contribution in [3.05, 3.63) is 47.5 Å². The summed E-state index contributed by atoms with van der Waals surface area (Å²) >= 11 is 0. The van der Waals surface area contributed by atoms with Crippen LogP contribution in [0.3, 0.4) is 0 Å². The van der Waals surface area contributed by atoms with Crippen molar-refractivity contribution in [2.24, 2.45) is 0 Å². The maximum atomic E-state index is 5.57. The van der Waals surface area contributed by atoms with Crippen molar-refractivity contribution in [1.82, 2.24) is 5.32 Å². The summed E-state index contributed by atoms with van der Waals surface area (Å²) in [5.74, 6) is 0. The molecule has 2 aromatic carbocycles. The average molecular weight is 269 g/mol. The molecule has 2 aromatic rings. The van der Waals surface area contributed by atoms with Crippen molar-refractivity contribution in [2.75, 3.05) is 20.3 Å². The van der Waals surface area contributed by atoms with Gasteiger partial charge in [-0.15, -0.1) is 0 Å². The molecule has 0 amide bonds. The van der Waals surface area contributed by atoms with Gasteiger partial charge >= 0.3 is 0 Å². The number of fused-ring (bicyclic) bond motifs is 1. The first kappa shape index (κ1) is 13.6. The van der Waals surface area contributed by atoms with Gasteiger partial charge in [-0.05, 0) is 44.2 Å². The third kappa shape index (κ3) is 1.87. The Morgan fingerprint density at radius 2 is 1.70 bits per heavy atom. The lowest BCUT2D eigenvalue weighted by Crippen LogP contribution is -2.65. The molecule has 1 N–H and O–H groups in total. The molecule has 1 aliphatic rings.